The summed E-state index contributed by atoms with van der Waals surface area (Å²) in [6, 6.07) is 3.92. The maximum Gasteiger partial charge on any atom is 0.263 e. The van der Waals surface area contributed by atoms with E-state index in [1.165, 1.54) is 11.3 Å². The molecule has 1 N–H and O–H groups in total. The Labute approximate surface area is 125 Å². The predicted octanol–water partition coefficient (Wildman–Crippen LogP) is 2.99. The van der Waals surface area contributed by atoms with Gasteiger partial charge in [-0.1, -0.05) is 25.7 Å². The van der Waals surface area contributed by atoms with Crippen LogP contribution in [-0.2, 0) is 0 Å². The van der Waals surface area contributed by atoms with E-state index in [9.17, 15) is 4.79 Å². The normalized spacial score (nSPS) is 11.9. The standard InChI is InChI=1S/C16H23NO2S/c1-12(2)11-13(3)17(4)16(19)15-9-8-14(20-15)7-5-6-10-18/h8-9,12-13,18H,6,10-11H2,1-4H3. The number of thiophene rings is 1. The summed E-state index contributed by atoms with van der Waals surface area (Å²) in [5.41, 5.74) is 0. The zero-order chi connectivity index (χ0) is 15.1. The molecule has 1 unspecified atom stereocenters. The first-order valence-corrected chi connectivity index (χ1v) is 7.74. The van der Waals surface area contributed by atoms with E-state index in [0.717, 1.165) is 16.2 Å². The molecule has 0 radical (unpaired) electrons. The molecule has 0 aliphatic heterocycles. The van der Waals surface area contributed by atoms with Gasteiger partial charge in [0.1, 0.15) is 0 Å². The van der Waals surface area contributed by atoms with Crippen molar-refractivity contribution in [1.29, 1.82) is 0 Å². The molecular formula is C16H23NO2S. The Kier molecular flexibility index (Phi) is 6.77. The van der Waals surface area contributed by atoms with Gasteiger partial charge in [0.15, 0.2) is 0 Å². The minimum absolute atomic E-state index is 0.0540. The minimum atomic E-state index is 0.0540. The molecule has 4 heteroatoms. The van der Waals surface area contributed by atoms with Crippen LogP contribution in [-0.4, -0.2) is 35.6 Å². The number of hydrogen-bond donors (Lipinski definition) is 1. The van der Waals surface area contributed by atoms with Crippen LogP contribution in [0.4, 0.5) is 0 Å². The Balaban J connectivity index is 2.71. The van der Waals surface area contributed by atoms with E-state index in [4.69, 9.17) is 5.11 Å². The average Bonchev–Trinajstić information content (AvgIpc) is 2.85. The van der Waals surface area contributed by atoms with Crippen LogP contribution in [0.5, 0.6) is 0 Å². The molecule has 20 heavy (non-hydrogen) atoms. The van der Waals surface area contributed by atoms with Gasteiger partial charge in [0, 0.05) is 19.5 Å². The van der Waals surface area contributed by atoms with Crippen molar-refractivity contribution in [2.24, 2.45) is 5.92 Å². The molecule has 1 amide bonds. The average molecular weight is 293 g/mol. The number of aliphatic hydroxyl groups is 1. The van der Waals surface area contributed by atoms with Crippen molar-refractivity contribution in [2.75, 3.05) is 13.7 Å². The topological polar surface area (TPSA) is 40.5 Å². The highest BCUT2D eigenvalue weighted by Gasteiger charge is 2.19. The predicted molar refractivity (Wildman–Crippen MR) is 83.9 cm³/mol. The van der Waals surface area contributed by atoms with Crippen LogP contribution < -0.4 is 0 Å². The van der Waals surface area contributed by atoms with Crippen molar-refractivity contribution in [3.63, 3.8) is 0 Å². The molecule has 3 nitrogen and oxygen atoms in total. The summed E-state index contributed by atoms with van der Waals surface area (Å²) < 4.78 is 0. The van der Waals surface area contributed by atoms with E-state index in [2.05, 4.69) is 32.6 Å². The number of carbonyl (C=O) groups excluding carboxylic acids is 1. The van der Waals surface area contributed by atoms with Crippen LogP contribution in [0, 0.1) is 17.8 Å². The van der Waals surface area contributed by atoms with Crippen molar-refractivity contribution in [3.8, 4) is 11.8 Å². The molecule has 1 rings (SSSR count). The lowest BCUT2D eigenvalue weighted by molar-refractivity contribution is 0.0733. The van der Waals surface area contributed by atoms with Crippen molar-refractivity contribution in [1.82, 2.24) is 4.90 Å². The zero-order valence-corrected chi connectivity index (χ0v) is 13.5. The van der Waals surface area contributed by atoms with Gasteiger partial charge in [0.2, 0.25) is 0 Å². The Morgan fingerprint density at radius 2 is 2.10 bits per heavy atom. The van der Waals surface area contributed by atoms with Crippen molar-refractivity contribution in [3.05, 3.63) is 21.9 Å². The van der Waals surface area contributed by atoms with Crippen LogP contribution in [0.3, 0.4) is 0 Å². The van der Waals surface area contributed by atoms with Gasteiger partial charge < -0.3 is 10.0 Å². The van der Waals surface area contributed by atoms with Crippen LogP contribution in [0.2, 0.25) is 0 Å². The quantitative estimate of drug-likeness (QED) is 0.848. The molecule has 0 saturated carbocycles. The molecule has 0 bridgehead atoms. The molecule has 1 aromatic rings. The summed E-state index contributed by atoms with van der Waals surface area (Å²) in [6.07, 6.45) is 1.46. The first kappa shape index (κ1) is 16.7. The molecule has 0 aromatic carbocycles. The van der Waals surface area contributed by atoms with E-state index in [0.29, 0.717) is 12.3 Å². The van der Waals surface area contributed by atoms with Crippen LogP contribution in [0.25, 0.3) is 0 Å². The lowest BCUT2D eigenvalue weighted by atomic mass is 10.0. The molecule has 0 saturated heterocycles. The van der Waals surface area contributed by atoms with Crippen molar-refractivity contribution >= 4 is 17.2 Å². The molecule has 1 heterocycles. The third kappa shape index (κ3) is 4.99. The van der Waals surface area contributed by atoms with Gasteiger partial charge in [-0.15, -0.1) is 11.3 Å². The van der Waals surface area contributed by atoms with E-state index < -0.39 is 0 Å². The highest BCUT2D eigenvalue weighted by atomic mass is 32.1. The Morgan fingerprint density at radius 3 is 2.70 bits per heavy atom. The summed E-state index contributed by atoms with van der Waals surface area (Å²) in [7, 11) is 1.85. The van der Waals surface area contributed by atoms with Gasteiger partial charge in [-0.3, -0.25) is 4.79 Å². The highest BCUT2D eigenvalue weighted by molar-refractivity contribution is 7.14. The summed E-state index contributed by atoms with van der Waals surface area (Å²) in [4.78, 5) is 15.7. The number of nitrogens with zero attached hydrogens (tertiary/aromatic N) is 1. The molecule has 1 aromatic heterocycles. The molecule has 0 fully saturated rings. The third-order valence-corrected chi connectivity index (χ3v) is 4.05. The largest absolute Gasteiger partial charge is 0.395 e. The second-order valence-corrected chi connectivity index (χ2v) is 6.42. The van der Waals surface area contributed by atoms with Crippen molar-refractivity contribution in [2.45, 2.75) is 39.7 Å². The van der Waals surface area contributed by atoms with Gasteiger partial charge in [-0.2, -0.15) is 0 Å². The van der Waals surface area contributed by atoms with Gasteiger partial charge in [0.25, 0.3) is 5.91 Å². The van der Waals surface area contributed by atoms with E-state index in [-0.39, 0.29) is 18.6 Å². The summed E-state index contributed by atoms with van der Waals surface area (Å²) >= 11 is 1.41. The monoisotopic (exact) mass is 293 g/mol. The summed E-state index contributed by atoms with van der Waals surface area (Å²) in [5, 5.41) is 8.68. The second kappa shape index (κ2) is 8.08. The Morgan fingerprint density at radius 1 is 1.40 bits per heavy atom. The fourth-order valence-corrected chi connectivity index (χ4v) is 2.80. The van der Waals surface area contributed by atoms with E-state index in [1.807, 2.05) is 19.2 Å². The lowest BCUT2D eigenvalue weighted by Crippen LogP contribution is -2.35. The molecule has 0 aliphatic rings. The Bertz CT molecular complexity index is 496. The smallest absolute Gasteiger partial charge is 0.263 e. The second-order valence-electron chi connectivity index (χ2n) is 5.33. The van der Waals surface area contributed by atoms with E-state index in [1.54, 1.807) is 4.90 Å². The van der Waals surface area contributed by atoms with Gasteiger partial charge in [0.05, 0.1) is 16.4 Å². The fourth-order valence-electron chi connectivity index (χ4n) is 1.94. The molecule has 110 valence electrons. The van der Waals surface area contributed by atoms with E-state index >= 15 is 0 Å². The molecular weight excluding hydrogens is 270 g/mol. The number of aliphatic hydroxyl groups excluding tert-OH is 1. The highest BCUT2D eigenvalue weighted by Crippen LogP contribution is 2.19. The van der Waals surface area contributed by atoms with Crippen LogP contribution >= 0.6 is 11.3 Å². The fraction of sp³-hybridized carbons (Fsp3) is 0.562. The minimum Gasteiger partial charge on any atom is -0.395 e. The van der Waals surface area contributed by atoms with Crippen molar-refractivity contribution < 1.29 is 9.90 Å². The lowest BCUT2D eigenvalue weighted by Gasteiger charge is -2.25. The van der Waals surface area contributed by atoms with Gasteiger partial charge in [-0.05, 0) is 31.4 Å². The van der Waals surface area contributed by atoms with Gasteiger partial charge >= 0.3 is 0 Å². The first-order valence-electron chi connectivity index (χ1n) is 6.92. The van der Waals surface area contributed by atoms with Crippen LogP contribution in [0.15, 0.2) is 12.1 Å². The van der Waals surface area contributed by atoms with Gasteiger partial charge in [-0.25, -0.2) is 0 Å². The maximum atomic E-state index is 12.4. The number of rotatable bonds is 5. The summed E-state index contributed by atoms with van der Waals surface area (Å²) in [5.74, 6) is 6.45. The first-order chi connectivity index (χ1) is 9.45. The maximum absolute atomic E-state index is 12.4. The molecule has 0 spiro atoms. The number of carbonyl (C=O) groups is 1. The summed E-state index contributed by atoms with van der Waals surface area (Å²) in [6.45, 7) is 6.47. The molecule has 1 atom stereocenters. The SMILES string of the molecule is CC(C)CC(C)N(C)C(=O)c1ccc(C#CCCO)s1. The number of amides is 1. The third-order valence-electron chi connectivity index (χ3n) is 3.06. The molecule has 0 aliphatic carbocycles. The number of hydrogen-bond acceptors (Lipinski definition) is 3. The van der Waals surface area contributed by atoms with Crippen LogP contribution in [0.1, 0.15) is 48.2 Å². The zero-order valence-electron chi connectivity index (χ0n) is 12.6. The Hall–Kier alpha value is -1.31.